The smallest absolute Gasteiger partial charge is 0.183 e. The lowest BCUT2D eigenvalue weighted by Gasteiger charge is -2.09. The minimum absolute atomic E-state index is 0.568. The highest BCUT2D eigenvalue weighted by Gasteiger charge is 2.04. The minimum atomic E-state index is 0.568. The summed E-state index contributed by atoms with van der Waals surface area (Å²) in [6.07, 6.45) is 3.82. The van der Waals surface area contributed by atoms with Gasteiger partial charge in [0, 0.05) is 26.7 Å². The fourth-order valence-corrected chi connectivity index (χ4v) is 3.01. The summed E-state index contributed by atoms with van der Waals surface area (Å²) < 4.78 is 0.568. The van der Waals surface area contributed by atoms with Crippen LogP contribution in [0.15, 0.2) is 29.3 Å². The first-order chi connectivity index (χ1) is 8.19. The van der Waals surface area contributed by atoms with E-state index in [1.54, 1.807) is 18.0 Å². The molecule has 0 aliphatic carbocycles. The maximum Gasteiger partial charge on any atom is 0.183 e. The standard InChI is InChI=1S/C11H10Cl2N2S2/c1-16-10-3-2-7(12)4-9(10)14-5-8-6-15-11(13)17-8/h2-4,6,14H,5H2,1H3. The molecule has 0 saturated heterocycles. The molecule has 6 heteroatoms. The highest BCUT2D eigenvalue weighted by Crippen LogP contribution is 2.29. The highest BCUT2D eigenvalue weighted by atomic mass is 35.5. The quantitative estimate of drug-likeness (QED) is 0.823. The molecule has 0 saturated carbocycles. The van der Waals surface area contributed by atoms with E-state index < -0.39 is 0 Å². The molecule has 1 heterocycles. The van der Waals surface area contributed by atoms with E-state index in [0.29, 0.717) is 11.0 Å². The zero-order valence-corrected chi connectivity index (χ0v) is 12.2. The molecular formula is C11H10Cl2N2S2. The van der Waals surface area contributed by atoms with E-state index in [2.05, 4.69) is 10.3 Å². The molecule has 1 aromatic heterocycles. The molecule has 0 spiro atoms. The van der Waals surface area contributed by atoms with E-state index in [9.17, 15) is 0 Å². The van der Waals surface area contributed by atoms with E-state index in [1.807, 2.05) is 24.5 Å². The molecule has 2 rings (SSSR count). The van der Waals surface area contributed by atoms with Gasteiger partial charge in [-0.25, -0.2) is 4.98 Å². The van der Waals surface area contributed by atoms with Crippen LogP contribution in [0.25, 0.3) is 0 Å². The number of thiazole rings is 1. The molecule has 90 valence electrons. The van der Waals surface area contributed by atoms with E-state index >= 15 is 0 Å². The summed E-state index contributed by atoms with van der Waals surface area (Å²) in [5.41, 5.74) is 1.04. The summed E-state index contributed by atoms with van der Waals surface area (Å²) >= 11 is 14.9. The van der Waals surface area contributed by atoms with Gasteiger partial charge in [-0.05, 0) is 24.5 Å². The Balaban J connectivity index is 2.10. The number of aromatic nitrogens is 1. The molecule has 0 fully saturated rings. The van der Waals surface area contributed by atoms with Crippen molar-refractivity contribution >= 4 is 52.0 Å². The van der Waals surface area contributed by atoms with Crippen LogP contribution in [0.5, 0.6) is 0 Å². The molecule has 0 amide bonds. The molecule has 0 atom stereocenters. The monoisotopic (exact) mass is 304 g/mol. The molecule has 0 aliphatic rings. The zero-order chi connectivity index (χ0) is 12.3. The summed E-state index contributed by atoms with van der Waals surface area (Å²) in [6.45, 7) is 0.707. The molecule has 0 radical (unpaired) electrons. The number of anilines is 1. The van der Waals surface area contributed by atoms with Crippen LogP contribution in [0, 0.1) is 0 Å². The second kappa shape index (κ2) is 5.96. The van der Waals surface area contributed by atoms with Crippen LogP contribution in [0.1, 0.15) is 4.88 Å². The summed E-state index contributed by atoms with van der Waals surface area (Å²) in [5.74, 6) is 0. The Morgan fingerprint density at radius 3 is 2.88 bits per heavy atom. The number of hydrogen-bond acceptors (Lipinski definition) is 4. The largest absolute Gasteiger partial charge is 0.379 e. The van der Waals surface area contributed by atoms with Crippen molar-refractivity contribution in [2.75, 3.05) is 11.6 Å². The van der Waals surface area contributed by atoms with Crippen molar-refractivity contribution in [1.82, 2.24) is 4.98 Å². The average Bonchev–Trinajstić information content (AvgIpc) is 2.73. The molecule has 2 nitrogen and oxygen atoms in total. The first-order valence-corrected chi connectivity index (χ1v) is 7.66. The predicted molar refractivity (Wildman–Crippen MR) is 77.7 cm³/mol. The number of halogens is 2. The van der Waals surface area contributed by atoms with Gasteiger partial charge >= 0.3 is 0 Å². The third-order valence-electron chi connectivity index (χ3n) is 2.14. The van der Waals surface area contributed by atoms with Gasteiger partial charge in [-0.3, -0.25) is 0 Å². The summed E-state index contributed by atoms with van der Waals surface area (Å²) in [7, 11) is 0. The lowest BCUT2D eigenvalue weighted by molar-refractivity contribution is 1.15. The first-order valence-electron chi connectivity index (χ1n) is 4.86. The van der Waals surface area contributed by atoms with Gasteiger partial charge in [0.05, 0.1) is 6.54 Å². The molecule has 17 heavy (non-hydrogen) atoms. The highest BCUT2D eigenvalue weighted by molar-refractivity contribution is 7.98. The first kappa shape index (κ1) is 13.0. The maximum atomic E-state index is 5.98. The maximum absolute atomic E-state index is 5.98. The molecule has 0 bridgehead atoms. The number of rotatable bonds is 4. The van der Waals surface area contributed by atoms with Crippen molar-refractivity contribution < 1.29 is 0 Å². The van der Waals surface area contributed by atoms with Crippen LogP contribution in [-0.4, -0.2) is 11.2 Å². The predicted octanol–water partition coefficient (Wildman–Crippen LogP) is 4.78. The Morgan fingerprint density at radius 2 is 2.24 bits per heavy atom. The summed E-state index contributed by atoms with van der Waals surface area (Å²) in [4.78, 5) is 6.27. The molecule has 1 N–H and O–H groups in total. The van der Waals surface area contributed by atoms with Crippen molar-refractivity contribution in [3.8, 4) is 0 Å². The van der Waals surface area contributed by atoms with Crippen LogP contribution in [0.4, 0.5) is 5.69 Å². The Bertz CT molecular complexity index is 514. The van der Waals surface area contributed by atoms with Crippen molar-refractivity contribution in [2.24, 2.45) is 0 Å². The SMILES string of the molecule is CSc1ccc(Cl)cc1NCc1cnc(Cl)s1. The number of nitrogens with one attached hydrogen (secondary N) is 1. The van der Waals surface area contributed by atoms with Crippen molar-refractivity contribution in [3.63, 3.8) is 0 Å². The Kier molecular flexibility index (Phi) is 4.56. The Labute approximate surface area is 118 Å². The number of nitrogens with zero attached hydrogens (tertiary/aromatic N) is 1. The Hall–Kier alpha value is -0.420. The van der Waals surface area contributed by atoms with Gasteiger partial charge in [0.1, 0.15) is 0 Å². The fraction of sp³-hybridized carbons (Fsp3) is 0.182. The lowest BCUT2D eigenvalue weighted by atomic mass is 10.3. The third-order valence-corrected chi connectivity index (χ3v) is 4.29. The van der Waals surface area contributed by atoms with Gasteiger partial charge in [0.15, 0.2) is 4.47 Å². The topological polar surface area (TPSA) is 24.9 Å². The number of hydrogen-bond donors (Lipinski definition) is 1. The average molecular weight is 305 g/mol. The molecular weight excluding hydrogens is 295 g/mol. The van der Waals surface area contributed by atoms with Crippen LogP contribution < -0.4 is 5.32 Å². The fourth-order valence-electron chi connectivity index (χ4n) is 1.37. The zero-order valence-electron chi connectivity index (χ0n) is 9.04. The number of benzene rings is 1. The molecule has 1 aromatic carbocycles. The van der Waals surface area contributed by atoms with Gasteiger partial charge in [-0.1, -0.05) is 23.2 Å². The molecule has 0 aliphatic heterocycles. The molecule has 0 unspecified atom stereocenters. The summed E-state index contributed by atoms with van der Waals surface area (Å²) in [5, 5.41) is 4.07. The van der Waals surface area contributed by atoms with Crippen LogP contribution >= 0.6 is 46.3 Å². The van der Waals surface area contributed by atoms with Gasteiger partial charge in [0.2, 0.25) is 0 Å². The van der Waals surface area contributed by atoms with Gasteiger partial charge in [-0.2, -0.15) is 0 Å². The van der Waals surface area contributed by atoms with Crippen LogP contribution in [-0.2, 0) is 6.54 Å². The second-order valence-corrected chi connectivity index (χ2v) is 6.26. The lowest BCUT2D eigenvalue weighted by Crippen LogP contribution is -1.98. The van der Waals surface area contributed by atoms with Crippen molar-refractivity contribution in [1.29, 1.82) is 0 Å². The van der Waals surface area contributed by atoms with Crippen LogP contribution in [0.2, 0.25) is 9.49 Å². The van der Waals surface area contributed by atoms with Gasteiger partial charge < -0.3 is 5.32 Å². The van der Waals surface area contributed by atoms with E-state index in [0.717, 1.165) is 15.6 Å². The molecule has 2 aromatic rings. The van der Waals surface area contributed by atoms with Gasteiger partial charge in [-0.15, -0.1) is 23.1 Å². The minimum Gasteiger partial charge on any atom is -0.379 e. The van der Waals surface area contributed by atoms with Crippen molar-refractivity contribution in [3.05, 3.63) is 38.8 Å². The van der Waals surface area contributed by atoms with E-state index in [1.165, 1.54) is 16.2 Å². The third kappa shape index (κ3) is 3.52. The van der Waals surface area contributed by atoms with Crippen LogP contribution in [0.3, 0.4) is 0 Å². The second-order valence-electron chi connectivity index (χ2n) is 3.28. The number of thioether (sulfide) groups is 1. The summed E-state index contributed by atoms with van der Waals surface area (Å²) in [6, 6.07) is 5.83. The van der Waals surface area contributed by atoms with E-state index in [4.69, 9.17) is 23.2 Å². The normalized spacial score (nSPS) is 10.5. The Morgan fingerprint density at radius 1 is 1.41 bits per heavy atom. The van der Waals surface area contributed by atoms with E-state index in [-0.39, 0.29) is 0 Å². The van der Waals surface area contributed by atoms with Gasteiger partial charge in [0.25, 0.3) is 0 Å². The van der Waals surface area contributed by atoms with Crippen molar-refractivity contribution in [2.45, 2.75) is 11.4 Å².